The number of nitrogens with one attached hydrogen (secondary N) is 1. The van der Waals surface area contributed by atoms with Crippen molar-refractivity contribution in [3.63, 3.8) is 0 Å². The molecule has 2 nitrogen and oxygen atoms in total. The first kappa shape index (κ1) is 10.8. The molecule has 1 saturated carbocycles. The van der Waals surface area contributed by atoms with Crippen molar-refractivity contribution in [2.75, 3.05) is 17.6 Å². The molecule has 0 radical (unpaired) electrons. The van der Waals surface area contributed by atoms with Crippen LogP contribution in [0.1, 0.15) is 25.7 Å². The van der Waals surface area contributed by atoms with Crippen LogP contribution in [0.3, 0.4) is 0 Å². The quantitative estimate of drug-likeness (QED) is 0.819. The lowest BCUT2D eigenvalue weighted by atomic mass is 9.83. The number of nitrogen functional groups attached to an aromatic ring is 1. The second-order valence-electron chi connectivity index (χ2n) is 4.24. The summed E-state index contributed by atoms with van der Waals surface area (Å²) in [5, 5.41) is 3.40. The SMILES string of the molecule is Nc1ccc(Br)cc1NCCC1CCC1. The van der Waals surface area contributed by atoms with Crippen molar-refractivity contribution >= 4 is 27.3 Å². The Hall–Kier alpha value is -0.700. The van der Waals surface area contributed by atoms with Gasteiger partial charge in [0.2, 0.25) is 0 Å². The molecule has 1 aromatic rings. The van der Waals surface area contributed by atoms with E-state index in [1.54, 1.807) is 0 Å². The van der Waals surface area contributed by atoms with Gasteiger partial charge in [0.25, 0.3) is 0 Å². The number of nitrogens with two attached hydrogens (primary N) is 1. The van der Waals surface area contributed by atoms with Crippen LogP contribution in [0, 0.1) is 5.92 Å². The maximum Gasteiger partial charge on any atom is 0.0585 e. The van der Waals surface area contributed by atoms with Crippen LogP contribution in [0.15, 0.2) is 22.7 Å². The third kappa shape index (κ3) is 2.88. The minimum absolute atomic E-state index is 0.826. The maximum absolute atomic E-state index is 5.87. The minimum atomic E-state index is 0.826. The first-order valence-corrected chi connectivity index (χ1v) is 6.34. The molecule has 3 N–H and O–H groups in total. The van der Waals surface area contributed by atoms with Gasteiger partial charge in [-0.2, -0.15) is 0 Å². The van der Waals surface area contributed by atoms with E-state index < -0.39 is 0 Å². The van der Waals surface area contributed by atoms with Crippen molar-refractivity contribution in [3.05, 3.63) is 22.7 Å². The van der Waals surface area contributed by atoms with Gasteiger partial charge in [-0.25, -0.2) is 0 Å². The van der Waals surface area contributed by atoms with Gasteiger partial charge in [0, 0.05) is 11.0 Å². The Bertz CT molecular complexity index is 334. The third-order valence-corrected chi connectivity index (χ3v) is 3.60. The van der Waals surface area contributed by atoms with E-state index in [0.29, 0.717) is 0 Å². The lowest BCUT2D eigenvalue weighted by molar-refractivity contribution is 0.303. The topological polar surface area (TPSA) is 38.0 Å². The predicted molar refractivity (Wildman–Crippen MR) is 69.0 cm³/mol. The maximum atomic E-state index is 5.87. The molecule has 0 unspecified atom stereocenters. The molecule has 0 amide bonds. The first-order chi connectivity index (χ1) is 7.25. The average Bonchev–Trinajstić information content (AvgIpc) is 2.15. The van der Waals surface area contributed by atoms with Gasteiger partial charge in [0.1, 0.15) is 0 Å². The van der Waals surface area contributed by atoms with Gasteiger partial charge in [-0.05, 0) is 30.5 Å². The van der Waals surface area contributed by atoms with E-state index in [-0.39, 0.29) is 0 Å². The van der Waals surface area contributed by atoms with E-state index in [2.05, 4.69) is 21.2 Å². The van der Waals surface area contributed by atoms with E-state index in [4.69, 9.17) is 5.73 Å². The molecule has 2 rings (SSSR count). The van der Waals surface area contributed by atoms with Crippen molar-refractivity contribution in [1.82, 2.24) is 0 Å². The van der Waals surface area contributed by atoms with Gasteiger partial charge >= 0.3 is 0 Å². The number of benzene rings is 1. The van der Waals surface area contributed by atoms with Gasteiger partial charge in [-0.15, -0.1) is 0 Å². The Kier molecular flexibility index (Phi) is 3.52. The first-order valence-electron chi connectivity index (χ1n) is 5.54. The van der Waals surface area contributed by atoms with E-state index in [1.165, 1.54) is 25.7 Å². The second kappa shape index (κ2) is 4.88. The molecule has 1 aliphatic rings. The van der Waals surface area contributed by atoms with Crippen LogP contribution in [0.5, 0.6) is 0 Å². The zero-order valence-corrected chi connectivity index (χ0v) is 10.4. The summed E-state index contributed by atoms with van der Waals surface area (Å²) in [6.07, 6.45) is 5.51. The molecule has 0 aliphatic heterocycles. The zero-order chi connectivity index (χ0) is 10.7. The van der Waals surface area contributed by atoms with Gasteiger partial charge in [-0.3, -0.25) is 0 Å². The van der Waals surface area contributed by atoms with Crippen LogP contribution in [0.25, 0.3) is 0 Å². The van der Waals surface area contributed by atoms with Crippen LogP contribution >= 0.6 is 15.9 Å². The summed E-state index contributed by atoms with van der Waals surface area (Å²) < 4.78 is 1.07. The van der Waals surface area contributed by atoms with Crippen LogP contribution in [0.4, 0.5) is 11.4 Å². The summed E-state index contributed by atoms with van der Waals surface area (Å²) in [6.45, 7) is 1.03. The van der Waals surface area contributed by atoms with Gasteiger partial charge in [0.15, 0.2) is 0 Å². The molecule has 3 heteroatoms. The summed E-state index contributed by atoms with van der Waals surface area (Å²) in [4.78, 5) is 0. The number of anilines is 2. The van der Waals surface area contributed by atoms with E-state index >= 15 is 0 Å². The van der Waals surface area contributed by atoms with E-state index in [1.807, 2.05) is 18.2 Å². The highest BCUT2D eigenvalue weighted by molar-refractivity contribution is 9.10. The van der Waals surface area contributed by atoms with Crippen LogP contribution in [0.2, 0.25) is 0 Å². The van der Waals surface area contributed by atoms with Crippen molar-refractivity contribution < 1.29 is 0 Å². The zero-order valence-electron chi connectivity index (χ0n) is 8.80. The molecule has 0 spiro atoms. The average molecular weight is 269 g/mol. The minimum Gasteiger partial charge on any atom is -0.397 e. The Morgan fingerprint density at radius 2 is 2.20 bits per heavy atom. The summed E-state index contributed by atoms with van der Waals surface area (Å²) >= 11 is 3.45. The van der Waals surface area contributed by atoms with Crippen molar-refractivity contribution in [1.29, 1.82) is 0 Å². The molecule has 15 heavy (non-hydrogen) atoms. The van der Waals surface area contributed by atoms with Crippen molar-refractivity contribution in [2.45, 2.75) is 25.7 Å². The molecule has 82 valence electrons. The largest absolute Gasteiger partial charge is 0.397 e. The molecule has 1 fully saturated rings. The summed E-state index contributed by atoms with van der Waals surface area (Å²) in [5.41, 5.74) is 7.74. The molecule has 0 saturated heterocycles. The molecular weight excluding hydrogens is 252 g/mol. The number of hydrogen-bond donors (Lipinski definition) is 2. The van der Waals surface area contributed by atoms with Gasteiger partial charge in [-0.1, -0.05) is 35.2 Å². The Balaban J connectivity index is 1.83. The lowest BCUT2D eigenvalue weighted by Crippen LogP contribution is -2.16. The Morgan fingerprint density at radius 1 is 1.40 bits per heavy atom. The smallest absolute Gasteiger partial charge is 0.0585 e. The summed E-state index contributed by atoms with van der Waals surface area (Å²) in [5.74, 6) is 0.950. The molecular formula is C12H17BrN2. The molecule has 0 heterocycles. The predicted octanol–water partition coefficient (Wildman–Crippen LogP) is 3.63. The molecule has 0 atom stereocenters. The normalized spacial score (nSPS) is 16.1. The fourth-order valence-electron chi connectivity index (χ4n) is 1.87. The van der Waals surface area contributed by atoms with Gasteiger partial charge in [0.05, 0.1) is 11.4 Å². The van der Waals surface area contributed by atoms with Crippen molar-refractivity contribution in [2.24, 2.45) is 5.92 Å². The molecule has 0 aromatic heterocycles. The molecule has 0 bridgehead atoms. The highest BCUT2D eigenvalue weighted by Crippen LogP contribution is 2.29. The van der Waals surface area contributed by atoms with Crippen LogP contribution < -0.4 is 11.1 Å². The van der Waals surface area contributed by atoms with E-state index in [9.17, 15) is 0 Å². The summed E-state index contributed by atoms with van der Waals surface area (Å²) in [6, 6.07) is 5.93. The Morgan fingerprint density at radius 3 is 2.87 bits per heavy atom. The van der Waals surface area contributed by atoms with Crippen LogP contribution in [-0.2, 0) is 0 Å². The summed E-state index contributed by atoms with van der Waals surface area (Å²) in [7, 11) is 0. The molecule has 1 aliphatic carbocycles. The fourth-order valence-corrected chi connectivity index (χ4v) is 2.24. The highest BCUT2D eigenvalue weighted by atomic mass is 79.9. The van der Waals surface area contributed by atoms with Gasteiger partial charge < -0.3 is 11.1 Å². The second-order valence-corrected chi connectivity index (χ2v) is 5.16. The van der Waals surface area contributed by atoms with Crippen LogP contribution in [-0.4, -0.2) is 6.54 Å². The Labute approximate surface area is 99.4 Å². The third-order valence-electron chi connectivity index (χ3n) is 3.11. The van der Waals surface area contributed by atoms with E-state index in [0.717, 1.165) is 28.3 Å². The number of halogens is 1. The molecule has 1 aromatic carbocycles. The number of rotatable bonds is 4. The lowest BCUT2D eigenvalue weighted by Gasteiger charge is -2.25. The highest BCUT2D eigenvalue weighted by Gasteiger charge is 2.16. The number of hydrogen-bond acceptors (Lipinski definition) is 2. The fraction of sp³-hybridized carbons (Fsp3) is 0.500. The monoisotopic (exact) mass is 268 g/mol. The van der Waals surface area contributed by atoms with Crippen molar-refractivity contribution in [3.8, 4) is 0 Å². The standard InChI is InChI=1S/C12H17BrN2/c13-10-4-5-11(14)12(8-10)15-7-6-9-2-1-3-9/h4-5,8-9,15H,1-3,6-7,14H2.